The second-order valence-corrected chi connectivity index (χ2v) is 19.8. The number of rotatable bonds is 4. The van der Waals surface area contributed by atoms with Crippen LogP contribution in [-0.2, 0) is 0 Å². The summed E-state index contributed by atoms with van der Waals surface area (Å²) in [5.74, 6) is -1.30. The zero-order chi connectivity index (χ0) is 22.2. The van der Waals surface area contributed by atoms with Gasteiger partial charge in [0.25, 0.3) is 0 Å². The molecule has 3 aliphatic heterocycles. The van der Waals surface area contributed by atoms with Gasteiger partial charge in [0.15, 0.2) is 0 Å². The summed E-state index contributed by atoms with van der Waals surface area (Å²) in [4.78, 5) is 0. The summed E-state index contributed by atoms with van der Waals surface area (Å²) in [7, 11) is 10.5. The Kier molecular flexibility index (Phi) is 4.51. The number of halogens is 1. The zero-order valence-corrected chi connectivity index (χ0v) is 22.0. The molecular weight excluding hydrogens is 494 g/mol. The molecule has 0 unspecified atom stereocenters. The predicted molar refractivity (Wildman–Crippen MR) is 135 cm³/mol. The molecule has 0 aromatic heterocycles. The molecule has 1 spiro atoms. The second kappa shape index (κ2) is 6.63. The third kappa shape index (κ3) is 2.19. The number of nitrogens with zero attached hydrogens (tertiary/aromatic N) is 8. The topological polar surface area (TPSA) is 44.2 Å². The zero-order valence-electron chi connectivity index (χ0n) is 18.6. The molecule has 1 saturated heterocycles. The average Bonchev–Trinajstić information content (AvgIpc) is 3.08. The van der Waals surface area contributed by atoms with Crippen LogP contribution >= 0.6 is 29.3 Å². The van der Waals surface area contributed by atoms with E-state index in [1.54, 1.807) is 0 Å². The molecule has 1 fully saturated rings. The molecule has 0 atom stereocenters. The fraction of sp³-hybridized carbons (Fsp3) is 0.300. The molecule has 11 heteroatoms. The van der Waals surface area contributed by atoms with Crippen molar-refractivity contribution in [1.29, 1.82) is 0 Å². The van der Waals surface area contributed by atoms with Crippen LogP contribution in [0.1, 0.15) is 11.1 Å². The summed E-state index contributed by atoms with van der Waals surface area (Å²) in [6, 6.07) is 20.9. The van der Waals surface area contributed by atoms with Crippen molar-refractivity contribution in [2.45, 2.75) is 0 Å². The van der Waals surface area contributed by atoms with Crippen LogP contribution in [0.25, 0.3) is 0 Å². The molecule has 31 heavy (non-hydrogen) atoms. The molecule has 2 aromatic carbocycles. The van der Waals surface area contributed by atoms with E-state index in [2.05, 4.69) is 134 Å². The van der Waals surface area contributed by atoms with Crippen LogP contribution in [0.4, 0.5) is 0 Å². The normalized spacial score (nSPS) is 23.7. The van der Waals surface area contributed by atoms with Crippen LogP contribution in [0, 0.1) is 0 Å². The molecule has 0 radical (unpaired) electrons. The minimum atomic E-state index is -3.24. The molecule has 0 N–H and O–H groups in total. The van der Waals surface area contributed by atoms with E-state index in [0.717, 1.165) is 22.8 Å². The predicted octanol–water partition coefficient (Wildman–Crippen LogP) is 4.54. The second-order valence-electron chi connectivity index (χ2n) is 8.21. The van der Waals surface area contributed by atoms with E-state index in [1.807, 2.05) is 12.1 Å². The molecule has 3 aliphatic rings. The van der Waals surface area contributed by atoms with Gasteiger partial charge in [0.2, 0.25) is 0 Å². The third-order valence-corrected chi connectivity index (χ3v) is 23.1. The molecule has 8 nitrogen and oxygen atoms in total. The first kappa shape index (κ1) is 21.1. The Bertz CT molecular complexity index is 1010. The van der Waals surface area contributed by atoms with Gasteiger partial charge in [0.05, 0.1) is 0 Å². The standard InChI is InChI=1S/C20H28BrN8P2/c1-24(2)30(25(3)4)28-19(17-13-9-7-10-14-17)22-26(5)31(28,21)27(6)23-20(29(30)31)18-15-11-8-12-16-18/h7-16H,1-6H3/q+1. The summed E-state index contributed by atoms with van der Waals surface area (Å²) in [6.07, 6.45) is 0. The molecule has 0 bridgehead atoms. The molecule has 5 rings (SSSR count). The summed E-state index contributed by atoms with van der Waals surface area (Å²) in [5.41, 5.74) is 2.20. The van der Waals surface area contributed by atoms with E-state index >= 15 is 0 Å². The quantitative estimate of drug-likeness (QED) is 0.550. The van der Waals surface area contributed by atoms with Gasteiger partial charge in [0, 0.05) is 0 Å². The van der Waals surface area contributed by atoms with Crippen molar-refractivity contribution < 1.29 is 0 Å². The summed E-state index contributed by atoms with van der Waals surface area (Å²) < 4.78 is 14.0. The van der Waals surface area contributed by atoms with Gasteiger partial charge in [0.1, 0.15) is 0 Å². The van der Waals surface area contributed by atoms with E-state index in [1.165, 1.54) is 0 Å². The van der Waals surface area contributed by atoms with Gasteiger partial charge < -0.3 is 0 Å². The Labute approximate surface area is 192 Å². The van der Waals surface area contributed by atoms with Gasteiger partial charge in [-0.3, -0.25) is 0 Å². The van der Waals surface area contributed by atoms with Gasteiger partial charge in [-0.05, 0) is 0 Å². The van der Waals surface area contributed by atoms with E-state index in [4.69, 9.17) is 10.2 Å². The summed E-state index contributed by atoms with van der Waals surface area (Å²) in [5, 5.41) is 10.3. The first-order valence-electron chi connectivity index (χ1n) is 10.1. The number of hydrogen-bond acceptors (Lipinski definition) is 8. The van der Waals surface area contributed by atoms with Gasteiger partial charge >= 0.3 is 193 Å². The van der Waals surface area contributed by atoms with Crippen molar-refractivity contribution in [3.05, 3.63) is 71.8 Å². The van der Waals surface area contributed by atoms with Crippen molar-refractivity contribution in [3.63, 3.8) is 0 Å². The Morgan fingerprint density at radius 1 is 0.710 bits per heavy atom. The van der Waals surface area contributed by atoms with Crippen molar-refractivity contribution in [2.24, 2.45) is 10.2 Å². The van der Waals surface area contributed by atoms with Crippen LogP contribution in [0.15, 0.2) is 70.9 Å². The summed E-state index contributed by atoms with van der Waals surface area (Å²) >= 11 is 4.33. The van der Waals surface area contributed by atoms with Crippen LogP contribution in [-0.4, -0.2) is 81.7 Å². The Hall–Kier alpha value is -1.76. The maximum atomic E-state index is 5.13. The number of hydrogen-bond donors (Lipinski definition) is 0. The molecule has 2 aromatic rings. The van der Waals surface area contributed by atoms with Crippen LogP contribution in [0.2, 0.25) is 0 Å². The first-order chi connectivity index (χ1) is 14.7. The molecule has 0 amide bonds. The van der Waals surface area contributed by atoms with Crippen molar-refractivity contribution in [2.75, 3.05) is 42.3 Å². The van der Waals surface area contributed by atoms with Crippen LogP contribution in [0.3, 0.4) is 0 Å². The number of hydrazone groups is 2. The minimum absolute atomic E-state index is 0.973. The Balaban J connectivity index is 1.79. The first-order valence-corrected chi connectivity index (χ1v) is 15.7. The van der Waals surface area contributed by atoms with Crippen molar-refractivity contribution in [3.8, 4) is 0 Å². The summed E-state index contributed by atoms with van der Waals surface area (Å²) in [6.45, 7) is 0. The fourth-order valence-corrected chi connectivity index (χ4v) is 22.7. The molecular formula is C20H28BrN8P2+. The SMILES string of the molecule is CN(C)[P+]1(N(C)C)N2C(c3ccccc3)=NN(C)P23(Br)N(C)N=C(c2ccccc2)N13. The van der Waals surface area contributed by atoms with E-state index in [-0.39, 0.29) is 0 Å². The maximum absolute atomic E-state index is 5.13. The Morgan fingerprint density at radius 2 is 1.06 bits per heavy atom. The Morgan fingerprint density at radius 3 is 1.39 bits per heavy atom. The van der Waals surface area contributed by atoms with Gasteiger partial charge in [-0.25, -0.2) is 0 Å². The van der Waals surface area contributed by atoms with E-state index in [0.29, 0.717) is 0 Å². The van der Waals surface area contributed by atoms with Crippen LogP contribution < -0.4 is 0 Å². The third-order valence-electron chi connectivity index (χ3n) is 6.15. The van der Waals surface area contributed by atoms with Gasteiger partial charge in [-0.15, -0.1) is 0 Å². The van der Waals surface area contributed by atoms with E-state index < -0.39 is 13.8 Å². The number of amidine groups is 2. The van der Waals surface area contributed by atoms with Gasteiger partial charge in [-0.2, -0.15) is 0 Å². The van der Waals surface area contributed by atoms with Crippen molar-refractivity contribution >= 4 is 40.9 Å². The van der Waals surface area contributed by atoms with Gasteiger partial charge in [-0.1, -0.05) is 0 Å². The molecule has 164 valence electrons. The fourth-order valence-electron chi connectivity index (χ4n) is 4.86. The van der Waals surface area contributed by atoms with Crippen LogP contribution in [0.5, 0.6) is 0 Å². The monoisotopic (exact) mass is 521 g/mol. The molecule has 0 saturated carbocycles. The molecule has 0 aliphatic carbocycles. The average molecular weight is 522 g/mol. The van der Waals surface area contributed by atoms with Crippen molar-refractivity contribution in [1.82, 2.24) is 27.8 Å². The number of benzene rings is 2. The van der Waals surface area contributed by atoms with E-state index in [9.17, 15) is 0 Å². The molecule has 3 heterocycles.